The molecule has 10 heteroatoms. The fourth-order valence-electron chi connectivity index (χ4n) is 3.27. The summed E-state index contributed by atoms with van der Waals surface area (Å²) >= 11 is 19.3. The van der Waals surface area contributed by atoms with Crippen LogP contribution in [0.15, 0.2) is 71.7 Å². The van der Waals surface area contributed by atoms with Crippen molar-refractivity contribution >= 4 is 74.9 Å². The van der Waals surface area contributed by atoms with Gasteiger partial charge < -0.3 is 5.32 Å². The Labute approximate surface area is 214 Å². The van der Waals surface area contributed by atoms with E-state index in [1.54, 1.807) is 54.6 Å². The maximum absolute atomic E-state index is 13.3. The van der Waals surface area contributed by atoms with Gasteiger partial charge in [-0.05, 0) is 54.1 Å². The summed E-state index contributed by atoms with van der Waals surface area (Å²) in [4.78, 5) is 32.2. The van der Waals surface area contributed by atoms with E-state index in [2.05, 4.69) is 10.3 Å². The normalized spacial score (nSPS) is 17.2. The minimum absolute atomic E-state index is 0.0411. The molecular weight excluding hydrogens is 520 g/mol. The number of hydrogen-bond acceptors (Lipinski definition) is 4. The Morgan fingerprint density at radius 1 is 1.03 bits per heavy atom. The average molecular weight is 537 g/mol. The van der Waals surface area contributed by atoms with Gasteiger partial charge in [0.15, 0.2) is 5.17 Å². The van der Waals surface area contributed by atoms with Crippen LogP contribution in [0, 0.1) is 5.82 Å². The van der Waals surface area contributed by atoms with Gasteiger partial charge in [-0.15, -0.1) is 0 Å². The number of carbonyl (C=O) groups is 2. The second kappa shape index (κ2) is 10.8. The van der Waals surface area contributed by atoms with E-state index in [-0.39, 0.29) is 30.6 Å². The van der Waals surface area contributed by atoms with Crippen molar-refractivity contribution in [1.82, 2.24) is 4.90 Å². The lowest BCUT2D eigenvalue weighted by molar-refractivity contribution is -0.129. The predicted octanol–water partition coefficient (Wildman–Crippen LogP) is 6.95. The Kier molecular flexibility index (Phi) is 7.78. The number of aliphatic imine (C=N–C) groups is 1. The number of amidine groups is 1. The third-order valence-corrected chi connectivity index (χ3v) is 6.71. The third kappa shape index (κ3) is 6.30. The zero-order valence-corrected chi connectivity index (χ0v) is 20.6. The van der Waals surface area contributed by atoms with E-state index in [0.717, 1.165) is 17.3 Å². The molecule has 1 saturated heterocycles. The largest absolute Gasteiger partial charge is 0.325 e. The number of carbonyl (C=O) groups excluding carboxylic acids is 2. The molecule has 174 valence electrons. The number of nitrogens with one attached hydrogen (secondary N) is 1. The number of hydrogen-bond donors (Lipinski definition) is 1. The van der Waals surface area contributed by atoms with Crippen LogP contribution in [0.5, 0.6) is 0 Å². The van der Waals surface area contributed by atoms with Crippen LogP contribution in [0.1, 0.15) is 12.0 Å². The quantitative estimate of drug-likeness (QED) is 0.384. The summed E-state index contributed by atoms with van der Waals surface area (Å²) < 4.78 is 13.3. The van der Waals surface area contributed by atoms with Crippen molar-refractivity contribution in [3.8, 4) is 0 Å². The van der Waals surface area contributed by atoms with E-state index in [4.69, 9.17) is 34.8 Å². The van der Waals surface area contributed by atoms with Gasteiger partial charge in [0.25, 0.3) is 0 Å². The average Bonchev–Trinajstić information content (AvgIpc) is 2.76. The molecule has 1 aliphatic heterocycles. The van der Waals surface area contributed by atoms with E-state index in [1.807, 2.05) is 0 Å². The van der Waals surface area contributed by atoms with Gasteiger partial charge >= 0.3 is 0 Å². The molecule has 0 bridgehead atoms. The molecule has 3 aromatic carbocycles. The van der Waals surface area contributed by atoms with Crippen LogP contribution in [0.4, 0.5) is 15.8 Å². The first-order chi connectivity index (χ1) is 16.3. The van der Waals surface area contributed by atoms with Gasteiger partial charge in [0.1, 0.15) is 11.1 Å². The van der Waals surface area contributed by atoms with Crippen LogP contribution in [-0.2, 0) is 16.1 Å². The Bertz CT molecular complexity index is 1250. The van der Waals surface area contributed by atoms with Gasteiger partial charge in [-0.2, -0.15) is 0 Å². The zero-order valence-electron chi connectivity index (χ0n) is 17.5. The lowest BCUT2D eigenvalue weighted by atomic mass is 10.2. The molecular formula is C24H17Cl3FN3O2S. The molecule has 1 heterocycles. The number of nitrogens with zero attached hydrogens (tertiary/aromatic N) is 2. The second-order valence-corrected chi connectivity index (χ2v) is 9.92. The van der Waals surface area contributed by atoms with E-state index < -0.39 is 5.25 Å². The number of amides is 2. The van der Waals surface area contributed by atoms with Crippen LogP contribution in [0.25, 0.3) is 0 Å². The second-order valence-electron chi connectivity index (χ2n) is 7.44. The number of benzene rings is 3. The van der Waals surface area contributed by atoms with E-state index in [1.165, 1.54) is 17.0 Å². The monoisotopic (exact) mass is 535 g/mol. The molecule has 1 atom stereocenters. The predicted molar refractivity (Wildman–Crippen MR) is 137 cm³/mol. The van der Waals surface area contributed by atoms with Gasteiger partial charge in [-0.3, -0.25) is 14.5 Å². The van der Waals surface area contributed by atoms with Crippen molar-refractivity contribution in [2.45, 2.75) is 18.2 Å². The van der Waals surface area contributed by atoms with Gasteiger partial charge in [0, 0.05) is 27.2 Å². The summed E-state index contributed by atoms with van der Waals surface area (Å²) in [6.45, 7) is 0.184. The van der Waals surface area contributed by atoms with Crippen LogP contribution >= 0.6 is 46.6 Å². The van der Waals surface area contributed by atoms with Gasteiger partial charge in [-0.25, -0.2) is 9.38 Å². The van der Waals surface area contributed by atoms with Crippen molar-refractivity contribution in [2.24, 2.45) is 4.99 Å². The molecule has 0 saturated carbocycles. The fraction of sp³-hybridized carbons (Fsp3) is 0.125. The fourth-order valence-corrected chi connectivity index (χ4v) is 5.08. The van der Waals surface area contributed by atoms with Gasteiger partial charge in [-0.1, -0.05) is 64.8 Å². The summed E-state index contributed by atoms with van der Waals surface area (Å²) in [6.07, 6.45) is -0.0411. The number of thioether (sulfide) groups is 1. The molecule has 1 unspecified atom stereocenters. The highest BCUT2D eigenvalue weighted by Gasteiger charge is 2.36. The highest BCUT2D eigenvalue weighted by Crippen LogP contribution is 2.32. The van der Waals surface area contributed by atoms with Crippen molar-refractivity contribution < 1.29 is 14.0 Å². The number of rotatable bonds is 5. The molecule has 0 aliphatic carbocycles. The first-order valence-electron chi connectivity index (χ1n) is 10.1. The SMILES string of the molecule is O=C(Nc1cc(Cl)cc(Cl)c1)C1CC(=O)N(Cc2ccc(F)cc2)C(=Nc2cccc(Cl)c2)S1. The molecule has 2 amide bonds. The molecule has 0 radical (unpaired) electrons. The maximum Gasteiger partial charge on any atom is 0.238 e. The molecule has 0 spiro atoms. The molecule has 5 nitrogen and oxygen atoms in total. The Hall–Kier alpha value is -2.58. The van der Waals surface area contributed by atoms with Crippen molar-refractivity contribution in [3.05, 3.63) is 93.2 Å². The van der Waals surface area contributed by atoms with Crippen molar-refractivity contribution in [2.75, 3.05) is 5.32 Å². The lowest BCUT2D eigenvalue weighted by Crippen LogP contribution is -2.44. The molecule has 1 fully saturated rings. The molecule has 34 heavy (non-hydrogen) atoms. The van der Waals surface area contributed by atoms with Crippen molar-refractivity contribution in [3.63, 3.8) is 0 Å². The smallest absolute Gasteiger partial charge is 0.238 e. The van der Waals surface area contributed by atoms with E-state index >= 15 is 0 Å². The van der Waals surface area contributed by atoms with Crippen LogP contribution in [-0.4, -0.2) is 27.1 Å². The minimum Gasteiger partial charge on any atom is -0.325 e. The summed E-state index contributed by atoms with van der Waals surface area (Å²) in [5.41, 5.74) is 1.69. The summed E-state index contributed by atoms with van der Waals surface area (Å²) in [6, 6.07) is 17.4. The number of halogens is 4. The highest BCUT2D eigenvalue weighted by molar-refractivity contribution is 8.15. The Morgan fingerprint density at radius 3 is 2.41 bits per heavy atom. The zero-order chi connectivity index (χ0) is 24.2. The minimum atomic E-state index is -0.729. The van der Waals surface area contributed by atoms with E-state index in [0.29, 0.717) is 31.6 Å². The van der Waals surface area contributed by atoms with Crippen LogP contribution in [0.2, 0.25) is 15.1 Å². The first kappa shape index (κ1) is 24.5. The standard InChI is InChI=1S/C24H17Cl3FN3O2S/c25-15-2-1-3-19(9-15)30-24-31(13-14-4-6-18(28)7-5-14)22(32)12-21(34-24)23(33)29-20-10-16(26)8-17(27)11-20/h1-11,21H,12-13H2,(H,29,33). The molecule has 1 N–H and O–H groups in total. The van der Waals surface area contributed by atoms with Crippen LogP contribution < -0.4 is 5.32 Å². The summed E-state index contributed by atoms with van der Waals surface area (Å²) in [7, 11) is 0. The summed E-state index contributed by atoms with van der Waals surface area (Å²) in [5, 5.41) is 3.62. The third-order valence-electron chi connectivity index (χ3n) is 4.85. The maximum atomic E-state index is 13.3. The van der Waals surface area contributed by atoms with Crippen molar-refractivity contribution in [1.29, 1.82) is 0 Å². The van der Waals surface area contributed by atoms with Gasteiger partial charge in [0.05, 0.1) is 12.2 Å². The topological polar surface area (TPSA) is 61.8 Å². The van der Waals surface area contributed by atoms with E-state index in [9.17, 15) is 14.0 Å². The Balaban J connectivity index is 1.61. The molecule has 1 aliphatic rings. The molecule has 0 aromatic heterocycles. The Morgan fingerprint density at radius 2 is 1.74 bits per heavy atom. The first-order valence-corrected chi connectivity index (χ1v) is 12.1. The summed E-state index contributed by atoms with van der Waals surface area (Å²) in [5.74, 6) is -1.03. The van der Waals surface area contributed by atoms with Gasteiger partial charge in [0.2, 0.25) is 11.8 Å². The lowest BCUT2D eigenvalue weighted by Gasteiger charge is -2.32. The highest BCUT2D eigenvalue weighted by atomic mass is 35.5. The molecule has 4 rings (SSSR count). The number of anilines is 1. The van der Waals surface area contributed by atoms with Crippen LogP contribution in [0.3, 0.4) is 0 Å². The molecule has 3 aromatic rings.